The van der Waals surface area contributed by atoms with Crippen LogP contribution in [0.5, 0.6) is 0 Å². The normalized spacial score (nSPS) is 24.2. The molecule has 0 amide bonds. The van der Waals surface area contributed by atoms with Gasteiger partial charge in [0.25, 0.3) is 5.69 Å². The Morgan fingerprint density at radius 3 is 2.79 bits per heavy atom. The molecule has 1 aliphatic heterocycles. The lowest BCUT2D eigenvalue weighted by atomic mass is 9.76. The molecular weight excluding hydrogens is 347 g/mol. The Morgan fingerprint density at radius 1 is 1.21 bits per heavy atom. The summed E-state index contributed by atoms with van der Waals surface area (Å²) >= 11 is 12.5. The number of hydrogen-bond acceptors (Lipinski definition) is 3. The van der Waals surface area contributed by atoms with Crippen molar-refractivity contribution in [2.75, 3.05) is 5.32 Å². The minimum atomic E-state index is -0.334. The highest BCUT2D eigenvalue weighted by atomic mass is 35.5. The molecule has 4 nitrogen and oxygen atoms in total. The van der Waals surface area contributed by atoms with E-state index in [0.29, 0.717) is 21.3 Å². The van der Waals surface area contributed by atoms with Gasteiger partial charge in [-0.25, -0.2) is 0 Å². The molecule has 4 rings (SSSR count). The van der Waals surface area contributed by atoms with E-state index < -0.39 is 0 Å². The molecule has 2 aromatic rings. The zero-order valence-corrected chi connectivity index (χ0v) is 14.1. The maximum atomic E-state index is 11.5. The number of nitro benzene ring substituents is 1. The topological polar surface area (TPSA) is 55.2 Å². The van der Waals surface area contributed by atoms with Gasteiger partial charge in [-0.3, -0.25) is 10.1 Å². The van der Waals surface area contributed by atoms with Gasteiger partial charge in [-0.15, -0.1) is 0 Å². The SMILES string of the molecule is O=[N+]([O-])c1ccc(Cl)c2c1[C@@H]1C=CC[C@H]1[C@@H](c1cccc(Cl)c1)N2. The number of allylic oxidation sites excluding steroid dienone is 2. The van der Waals surface area contributed by atoms with E-state index in [4.69, 9.17) is 23.2 Å². The summed E-state index contributed by atoms with van der Waals surface area (Å²) in [4.78, 5) is 11.1. The molecule has 2 aliphatic rings. The van der Waals surface area contributed by atoms with Crippen molar-refractivity contribution in [3.8, 4) is 0 Å². The van der Waals surface area contributed by atoms with Crippen LogP contribution in [0.2, 0.25) is 10.0 Å². The van der Waals surface area contributed by atoms with Crippen LogP contribution in [0.3, 0.4) is 0 Å². The second kappa shape index (κ2) is 5.80. The molecule has 6 heteroatoms. The standard InChI is InChI=1S/C18H14Cl2N2O2/c19-11-4-1-3-10(9-11)17-13-6-2-5-12(13)16-15(22(23)24)8-7-14(20)18(16)21-17/h1-5,7-9,12-13,17,21H,6H2/t12-,13-,17-/m1/s1. The van der Waals surface area contributed by atoms with Crippen molar-refractivity contribution < 1.29 is 4.92 Å². The average molecular weight is 361 g/mol. The van der Waals surface area contributed by atoms with E-state index in [1.54, 1.807) is 6.07 Å². The molecular formula is C18H14Cl2N2O2. The Morgan fingerprint density at radius 2 is 2.04 bits per heavy atom. The van der Waals surface area contributed by atoms with Gasteiger partial charge < -0.3 is 5.32 Å². The third-order valence-electron chi connectivity index (χ3n) is 4.85. The zero-order chi connectivity index (χ0) is 16.8. The number of nitrogens with zero attached hydrogens (tertiary/aromatic N) is 1. The molecule has 122 valence electrons. The molecule has 0 bridgehead atoms. The number of fused-ring (bicyclic) bond motifs is 3. The minimum absolute atomic E-state index is 0.00991. The summed E-state index contributed by atoms with van der Waals surface area (Å²) in [5, 5.41) is 16.1. The monoisotopic (exact) mass is 360 g/mol. The third kappa shape index (κ3) is 2.38. The molecule has 0 radical (unpaired) electrons. The fraction of sp³-hybridized carbons (Fsp3) is 0.222. The first-order valence-electron chi connectivity index (χ1n) is 7.71. The maximum Gasteiger partial charge on any atom is 0.275 e. The summed E-state index contributed by atoms with van der Waals surface area (Å²) in [5.41, 5.74) is 2.52. The maximum absolute atomic E-state index is 11.5. The highest BCUT2D eigenvalue weighted by molar-refractivity contribution is 6.33. The van der Waals surface area contributed by atoms with Gasteiger partial charge in [-0.1, -0.05) is 47.5 Å². The van der Waals surface area contributed by atoms with Crippen LogP contribution in [0.15, 0.2) is 48.6 Å². The molecule has 3 atom stereocenters. The average Bonchev–Trinajstić information content (AvgIpc) is 3.04. The predicted octanol–water partition coefficient (Wildman–Crippen LogP) is 5.73. The molecule has 1 N–H and O–H groups in total. The quantitative estimate of drug-likeness (QED) is 0.422. The van der Waals surface area contributed by atoms with Crippen LogP contribution in [0, 0.1) is 16.0 Å². The molecule has 0 spiro atoms. The molecule has 24 heavy (non-hydrogen) atoms. The smallest absolute Gasteiger partial charge is 0.275 e. The molecule has 0 saturated carbocycles. The fourth-order valence-electron chi connectivity index (χ4n) is 3.84. The highest BCUT2D eigenvalue weighted by Crippen LogP contribution is 2.54. The van der Waals surface area contributed by atoms with Crippen molar-refractivity contribution in [3.63, 3.8) is 0 Å². The van der Waals surface area contributed by atoms with Crippen LogP contribution in [0.4, 0.5) is 11.4 Å². The lowest BCUT2D eigenvalue weighted by molar-refractivity contribution is -0.385. The first-order chi connectivity index (χ1) is 11.6. The Hall–Kier alpha value is -2.04. The lowest BCUT2D eigenvalue weighted by Gasteiger charge is -2.37. The Labute approximate surface area is 149 Å². The summed E-state index contributed by atoms with van der Waals surface area (Å²) < 4.78 is 0. The van der Waals surface area contributed by atoms with Crippen LogP contribution in [-0.4, -0.2) is 4.92 Å². The van der Waals surface area contributed by atoms with E-state index in [9.17, 15) is 10.1 Å². The number of halogens is 2. The molecule has 0 fully saturated rings. The zero-order valence-electron chi connectivity index (χ0n) is 12.6. The van der Waals surface area contributed by atoms with Gasteiger partial charge in [-0.2, -0.15) is 0 Å². The van der Waals surface area contributed by atoms with Gasteiger partial charge in [0.1, 0.15) is 0 Å². The summed E-state index contributed by atoms with van der Waals surface area (Å²) in [7, 11) is 0. The Bertz CT molecular complexity index is 866. The Kier molecular flexibility index (Phi) is 3.74. The van der Waals surface area contributed by atoms with Crippen LogP contribution >= 0.6 is 23.2 Å². The number of benzene rings is 2. The van der Waals surface area contributed by atoms with Crippen molar-refractivity contribution in [1.29, 1.82) is 0 Å². The van der Waals surface area contributed by atoms with Crippen LogP contribution in [0.25, 0.3) is 0 Å². The van der Waals surface area contributed by atoms with Gasteiger partial charge in [-0.05, 0) is 36.1 Å². The summed E-state index contributed by atoms with van der Waals surface area (Å²) in [6, 6.07) is 10.8. The van der Waals surface area contributed by atoms with E-state index in [2.05, 4.69) is 17.5 Å². The number of hydrogen-bond donors (Lipinski definition) is 1. The third-order valence-corrected chi connectivity index (χ3v) is 5.40. The van der Waals surface area contributed by atoms with Gasteiger partial charge in [0.15, 0.2) is 0 Å². The molecule has 2 aromatic carbocycles. The number of nitro groups is 1. The number of nitrogens with one attached hydrogen (secondary N) is 1. The van der Waals surface area contributed by atoms with E-state index in [0.717, 1.165) is 12.0 Å². The van der Waals surface area contributed by atoms with E-state index in [-0.39, 0.29) is 28.5 Å². The van der Waals surface area contributed by atoms with Gasteiger partial charge in [0.05, 0.1) is 27.2 Å². The second-order valence-electron chi connectivity index (χ2n) is 6.14. The summed E-state index contributed by atoms with van der Waals surface area (Å²) in [6.07, 6.45) is 5.01. The van der Waals surface area contributed by atoms with Gasteiger partial charge >= 0.3 is 0 Å². The minimum Gasteiger partial charge on any atom is -0.376 e. The van der Waals surface area contributed by atoms with Crippen molar-refractivity contribution in [1.82, 2.24) is 0 Å². The molecule has 1 aliphatic carbocycles. The van der Waals surface area contributed by atoms with Crippen molar-refractivity contribution in [2.45, 2.75) is 18.4 Å². The summed E-state index contributed by atoms with van der Waals surface area (Å²) in [6.45, 7) is 0. The van der Waals surface area contributed by atoms with Crippen molar-refractivity contribution >= 4 is 34.6 Å². The molecule has 0 aromatic heterocycles. The first-order valence-corrected chi connectivity index (χ1v) is 8.47. The second-order valence-corrected chi connectivity index (χ2v) is 6.99. The van der Waals surface area contributed by atoms with E-state index in [1.165, 1.54) is 6.07 Å². The lowest BCUT2D eigenvalue weighted by Crippen LogP contribution is -2.29. The van der Waals surface area contributed by atoms with E-state index in [1.807, 2.05) is 24.3 Å². The largest absolute Gasteiger partial charge is 0.376 e. The van der Waals surface area contributed by atoms with Crippen molar-refractivity contribution in [3.05, 3.63) is 79.8 Å². The highest BCUT2D eigenvalue weighted by Gasteiger charge is 2.42. The number of anilines is 1. The van der Waals surface area contributed by atoms with Crippen LogP contribution < -0.4 is 5.32 Å². The molecule has 0 unspecified atom stereocenters. The molecule has 0 saturated heterocycles. The fourth-order valence-corrected chi connectivity index (χ4v) is 4.26. The van der Waals surface area contributed by atoms with Crippen LogP contribution in [-0.2, 0) is 0 Å². The van der Waals surface area contributed by atoms with Gasteiger partial charge in [0, 0.05) is 17.0 Å². The van der Waals surface area contributed by atoms with Crippen LogP contribution in [0.1, 0.15) is 29.5 Å². The first kappa shape index (κ1) is 15.5. The van der Waals surface area contributed by atoms with Crippen molar-refractivity contribution in [2.24, 2.45) is 5.92 Å². The summed E-state index contributed by atoms with van der Waals surface area (Å²) in [5.74, 6) is 0.178. The van der Waals surface area contributed by atoms with Gasteiger partial charge in [0.2, 0.25) is 0 Å². The predicted molar refractivity (Wildman–Crippen MR) is 95.9 cm³/mol. The number of rotatable bonds is 2. The Balaban J connectivity index is 1.88. The molecule has 1 heterocycles. The van der Waals surface area contributed by atoms with E-state index >= 15 is 0 Å².